The number of nitrogens with one attached hydrogen (secondary N) is 3. The van der Waals surface area contributed by atoms with E-state index in [1.165, 1.54) is 6.07 Å². The Morgan fingerprint density at radius 3 is 2.62 bits per heavy atom. The number of benzene rings is 1. The zero-order valence-corrected chi connectivity index (χ0v) is 16.2. The third kappa shape index (κ3) is 5.26. The lowest BCUT2D eigenvalue weighted by Crippen LogP contribution is -2.44. The zero-order valence-electron chi connectivity index (χ0n) is 15.4. The molecular formula is C18H24FN5OS. The quantitative estimate of drug-likeness (QED) is 0.552. The van der Waals surface area contributed by atoms with E-state index in [1.54, 1.807) is 18.2 Å². The number of hydrogen-bond donors (Lipinski definition) is 3. The van der Waals surface area contributed by atoms with Crippen LogP contribution in [0.15, 0.2) is 24.3 Å². The van der Waals surface area contributed by atoms with Crippen molar-refractivity contribution in [3.8, 4) is 0 Å². The van der Waals surface area contributed by atoms with Gasteiger partial charge in [-0.15, -0.1) is 0 Å². The molecule has 26 heavy (non-hydrogen) atoms. The van der Waals surface area contributed by atoms with E-state index >= 15 is 0 Å². The monoisotopic (exact) mass is 377 g/mol. The van der Waals surface area contributed by atoms with E-state index in [4.69, 9.17) is 12.2 Å². The number of halogens is 1. The first-order valence-corrected chi connectivity index (χ1v) is 8.82. The van der Waals surface area contributed by atoms with Crippen LogP contribution in [0.3, 0.4) is 0 Å². The molecule has 0 aliphatic heterocycles. The molecule has 0 aliphatic rings. The van der Waals surface area contributed by atoms with Gasteiger partial charge in [0.05, 0.1) is 17.8 Å². The van der Waals surface area contributed by atoms with Crippen molar-refractivity contribution in [2.24, 2.45) is 5.92 Å². The minimum absolute atomic E-state index is 0.104. The van der Waals surface area contributed by atoms with Gasteiger partial charge in [-0.1, -0.05) is 26.0 Å². The third-order valence-electron chi connectivity index (χ3n) is 3.84. The number of rotatable bonds is 5. The molecule has 0 saturated heterocycles. The molecule has 2 rings (SSSR count). The lowest BCUT2D eigenvalue weighted by Gasteiger charge is -2.12. The highest BCUT2D eigenvalue weighted by Crippen LogP contribution is 2.15. The van der Waals surface area contributed by atoms with E-state index < -0.39 is 5.82 Å². The average Bonchev–Trinajstić information content (AvgIpc) is 2.82. The summed E-state index contributed by atoms with van der Waals surface area (Å²) in [5.74, 6) is -0.206. The van der Waals surface area contributed by atoms with Crippen molar-refractivity contribution in [2.75, 3.05) is 5.32 Å². The first-order valence-electron chi connectivity index (χ1n) is 8.41. The van der Waals surface area contributed by atoms with Crippen LogP contribution in [0.25, 0.3) is 0 Å². The van der Waals surface area contributed by atoms with Gasteiger partial charge in [-0.2, -0.15) is 5.10 Å². The van der Waals surface area contributed by atoms with Crippen LogP contribution in [0, 0.1) is 25.6 Å². The van der Waals surface area contributed by atoms with Crippen LogP contribution >= 0.6 is 12.2 Å². The van der Waals surface area contributed by atoms with Gasteiger partial charge in [-0.05, 0) is 44.1 Å². The summed E-state index contributed by atoms with van der Waals surface area (Å²) in [6.07, 6.45) is 0.186. The van der Waals surface area contributed by atoms with Gasteiger partial charge in [0, 0.05) is 17.8 Å². The van der Waals surface area contributed by atoms with Crippen molar-refractivity contribution in [1.29, 1.82) is 0 Å². The molecule has 0 unspecified atom stereocenters. The fourth-order valence-corrected chi connectivity index (χ4v) is 2.72. The predicted molar refractivity (Wildman–Crippen MR) is 104 cm³/mol. The highest BCUT2D eigenvalue weighted by atomic mass is 32.1. The lowest BCUT2D eigenvalue weighted by molar-refractivity contribution is -0.121. The summed E-state index contributed by atoms with van der Waals surface area (Å²) >= 11 is 5.06. The first-order chi connectivity index (χ1) is 12.3. The Labute approximate surface area is 158 Å². The summed E-state index contributed by atoms with van der Waals surface area (Å²) < 4.78 is 15.5. The standard InChI is InChI=1S/C18H24FN5OS/c1-11(2)10-24-13(4)14(12(3)23-24)9-17(25)21-22-18(26)20-16-8-6-5-7-15(16)19/h5-8,11H,9-10H2,1-4H3,(H,21,25)(H2,20,22,26). The zero-order chi connectivity index (χ0) is 19.3. The molecule has 1 amide bonds. The number of hydrazine groups is 1. The van der Waals surface area contributed by atoms with Crippen LogP contribution in [-0.4, -0.2) is 20.8 Å². The molecule has 0 radical (unpaired) electrons. The van der Waals surface area contributed by atoms with E-state index in [2.05, 4.69) is 35.1 Å². The number of para-hydroxylation sites is 1. The first kappa shape index (κ1) is 19.8. The Kier molecular flexibility index (Phi) is 6.68. The van der Waals surface area contributed by atoms with Gasteiger partial charge in [0.15, 0.2) is 5.11 Å². The number of anilines is 1. The van der Waals surface area contributed by atoms with Crippen molar-refractivity contribution < 1.29 is 9.18 Å². The maximum absolute atomic E-state index is 13.6. The van der Waals surface area contributed by atoms with Gasteiger partial charge in [-0.3, -0.25) is 20.3 Å². The molecule has 0 bridgehead atoms. The van der Waals surface area contributed by atoms with Crippen LogP contribution in [0.4, 0.5) is 10.1 Å². The van der Waals surface area contributed by atoms with E-state index in [9.17, 15) is 9.18 Å². The fraction of sp³-hybridized carbons (Fsp3) is 0.389. The van der Waals surface area contributed by atoms with Crippen molar-refractivity contribution in [3.63, 3.8) is 0 Å². The molecular weight excluding hydrogens is 353 g/mol. The smallest absolute Gasteiger partial charge is 0.242 e. The van der Waals surface area contributed by atoms with Crippen molar-refractivity contribution in [3.05, 3.63) is 47.0 Å². The normalized spacial score (nSPS) is 10.7. The molecule has 140 valence electrons. The summed E-state index contributed by atoms with van der Waals surface area (Å²) in [7, 11) is 0. The second-order valence-corrected chi connectivity index (χ2v) is 6.92. The highest BCUT2D eigenvalue weighted by molar-refractivity contribution is 7.80. The summed E-state index contributed by atoms with van der Waals surface area (Å²) in [6, 6.07) is 6.15. The van der Waals surface area contributed by atoms with Crippen LogP contribution in [0.1, 0.15) is 30.8 Å². The van der Waals surface area contributed by atoms with E-state index in [0.717, 1.165) is 23.5 Å². The minimum Gasteiger partial charge on any atom is -0.329 e. The van der Waals surface area contributed by atoms with Crippen LogP contribution in [-0.2, 0) is 17.8 Å². The number of amides is 1. The maximum Gasteiger partial charge on any atom is 0.242 e. The molecule has 1 heterocycles. The summed E-state index contributed by atoms with van der Waals surface area (Å²) in [5.41, 5.74) is 8.07. The Bertz CT molecular complexity index is 803. The number of thiocarbonyl (C=S) groups is 1. The SMILES string of the molecule is Cc1nn(CC(C)C)c(C)c1CC(=O)NNC(=S)Nc1ccccc1F. The molecule has 0 aliphatic carbocycles. The van der Waals surface area contributed by atoms with E-state index in [0.29, 0.717) is 5.92 Å². The van der Waals surface area contributed by atoms with Crippen molar-refractivity contribution in [1.82, 2.24) is 20.6 Å². The molecule has 0 spiro atoms. The number of carbonyl (C=O) groups excluding carboxylic acids is 1. The number of nitrogens with zero attached hydrogens (tertiary/aromatic N) is 2. The second-order valence-electron chi connectivity index (χ2n) is 6.51. The predicted octanol–water partition coefficient (Wildman–Crippen LogP) is 2.86. The molecule has 3 N–H and O–H groups in total. The van der Waals surface area contributed by atoms with E-state index in [-0.39, 0.29) is 23.1 Å². The van der Waals surface area contributed by atoms with Gasteiger partial charge in [0.1, 0.15) is 5.82 Å². The summed E-state index contributed by atoms with van der Waals surface area (Å²) in [5, 5.41) is 7.30. The number of hydrogen-bond acceptors (Lipinski definition) is 3. The van der Waals surface area contributed by atoms with Crippen LogP contribution < -0.4 is 16.2 Å². The molecule has 8 heteroatoms. The Morgan fingerprint density at radius 1 is 1.27 bits per heavy atom. The van der Waals surface area contributed by atoms with Gasteiger partial charge in [0.25, 0.3) is 0 Å². The second kappa shape index (κ2) is 8.75. The number of aryl methyl sites for hydroxylation is 1. The minimum atomic E-state index is -0.424. The Morgan fingerprint density at radius 2 is 1.96 bits per heavy atom. The van der Waals surface area contributed by atoms with Gasteiger partial charge in [-0.25, -0.2) is 4.39 Å². The molecule has 0 saturated carbocycles. The van der Waals surface area contributed by atoms with Crippen LogP contribution in [0.5, 0.6) is 0 Å². The third-order valence-corrected chi connectivity index (χ3v) is 4.05. The molecule has 6 nitrogen and oxygen atoms in total. The van der Waals surface area contributed by atoms with E-state index in [1.807, 2.05) is 18.5 Å². The maximum atomic E-state index is 13.6. The number of aromatic nitrogens is 2. The molecule has 1 aromatic carbocycles. The van der Waals surface area contributed by atoms with Gasteiger partial charge >= 0.3 is 0 Å². The van der Waals surface area contributed by atoms with Crippen LogP contribution in [0.2, 0.25) is 0 Å². The average molecular weight is 377 g/mol. The molecule has 0 atom stereocenters. The van der Waals surface area contributed by atoms with Crippen molar-refractivity contribution >= 4 is 28.9 Å². The summed E-state index contributed by atoms with van der Waals surface area (Å²) in [4.78, 5) is 12.2. The summed E-state index contributed by atoms with van der Waals surface area (Å²) in [6.45, 7) is 8.91. The fourth-order valence-electron chi connectivity index (χ4n) is 2.56. The molecule has 1 aromatic heterocycles. The largest absolute Gasteiger partial charge is 0.329 e. The lowest BCUT2D eigenvalue weighted by atomic mass is 10.1. The van der Waals surface area contributed by atoms with Crippen molar-refractivity contribution in [2.45, 2.75) is 40.7 Å². The van der Waals surface area contributed by atoms with Gasteiger partial charge in [0.2, 0.25) is 5.91 Å². The number of carbonyl (C=O) groups is 1. The topological polar surface area (TPSA) is 71.0 Å². The molecule has 0 fully saturated rings. The Balaban J connectivity index is 1.90. The van der Waals surface area contributed by atoms with Gasteiger partial charge < -0.3 is 5.32 Å². The Hall–Kier alpha value is -2.48. The highest BCUT2D eigenvalue weighted by Gasteiger charge is 2.15. The molecule has 2 aromatic rings.